The predicted octanol–water partition coefficient (Wildman–Crippen LogP) is 0.334. The van der Waals surface area contributed by atoms with Gasteiger partial charge >= 0.3 is 0 Å². The van der Waals surface area contributed by atoms with Gasteiger partial charge in [-0.25, -0.2) is 4.98 Å². The van der Waals surface area contributed by atoms with E-state index >= 15 is 0 Å². The average molecular weight is 342 g/mol. The van der Waals surface area contributed by atoms with Crippen molar-refractivity contribution < 1.29 is 14.7 Å². The molecule has 3 rings (SSSR count). The highest BCUT2D eigenvalue weighted by Crippen LogP contribution is 2.25. The van der Waals surface area contributed by atoms with Crippen LogP contribution in [0.4, 0.5) is 0 Å². The Morgan fingerprint density at radius 2 is 2.00 bits per heavy atom. The van der Waals surface area contributed by atoms with Gasteiger partial charge in [-0.15, -0.1) is 0 Å². The minimum Gasteiger partial charge on any atom is -0.548 e. The Morgan fingerprint density at radius 3 is 2.68 bits per heavy atom. The van der Waals surface area contributed by atoms with Crippen LogP contribution in [-0.2, 0) is 9.59 Å². The van der Waals surface area contributed by atoms with Gasteiger partial charge in [-0.2, -0.15) is 0 Å². The van der Waals surface area contributed by atoms with Crippen LogP contribution >= 0.6 is 0 Å². The number of carboxylic acid groups (broad SMARTS) is 1. The van der Waals surface area contributed by atoms with Crippen LogP contribution in [0.1, 0.15) is 32.7 Å². The number of aliphatic carboxylic acids is 1. The molecule has 1 aliphatic heterocycles. The average Bonchev–Trinajstić information content (AvgIpc) is 3.07. The molecule has 1 aliphatic rings. The van der Waals surface area contributed by atoms with E-state index in [-0.39, 0.29) is 17.4 Å². The lowest BCUT2D eigenvalue weighted by atomic mass is 10.0. The number of carbonyl (C=O) groups excluding carboxylic acids is 2. The van der Waals surface area contributed by atoms with E-state index in [4.69, 9.17) is 0 Å². The summed E-state index contributed by atoms with van der Waals surface area (Å²) in [5.41, 5.74) is 0.259. The van der Waals surface area contributed by atoms with Gasteiger partial charge in [0, 0.05) is 6.54 Å². The van der Waals surface area contributed by atoms with Crippen molar-refractivity contribution in [2.24, 2.45) is 5.92 Å². The van der Waals surface area contributed by atoms with E-state index in [9.17, 15) is 19.5 Å². The molecule has 0 unspecified atom stereocenters. The van der Waals surface area contributed by atoms with Crippen LogP contribution in [0.5, 0.6) is 0 Å². The van der Waals surface area contributed by atoms with Crippen LogP contribution in [0.25, 0.3) is 10.9 Å². The first kappa shape index (κ1) is 17.1. The smallest absolute Gasteiger partial charge is 0.261 e. The van der Waals surface area contributed by atoms with Gasteiger partial charge in [0.05, 0.1) is 29.2 Å². The maximum absolute atomic E-state index is 13.0. The van der Waals surface area contributed by atoms with Gasteiger partial charge in [0.15, 0.2) is 0 Å². The van der Waals surface area contributed by atoms with E-state index in [1.54, 1.807) is 24.3 Å². The molecule has 0 N–H and O–H groups in total. The van der Waals surface area contributed by atoms with Crippen LogP contribution in [0.2, 0.25) is 0 Å². The number of aromatic nitrogens is 2. The zero-order valence-corrected chi connectivity index (χ0v) is 14.2. The molecular formula is C18H20N3O4-. The quantitative estimate of drug-likeness (QED) is 0.798. The Labute approximate surface area is 144 Å². The van der Waals surface area contributed by atoms with Crippen LogP contribution in [0.15, 0.2) is 35.4 Å². The number of rotatable bonds is 4. The molecule has 0 aliphatic carbocycles. The minimum absolute atomic E-state index is 0.198. The minimum atomic E-state index is -1.25. The third-order valence-corrected chi connectivity index (χ3v) is 4.68. The Bertz CT molecular complexity index is 874. The second-order valence-electron chi connectivity index (χ2n) is 6.67. The van der Waals surface area contributed by atoms with Crippen LogP contribution < -0.4 is 10.7 Å². The molecule has 2 aromatic rings. The first-order valence-corrected chi connectivity index (χ1v) is 8.39. The molecule has 1 aromatic heterocycles. The summed E-state index contributed by atoms with van der Waals surface area (Å²) >= 11 is 0. The zero-order chi connectivity index (χ0) is 18.1. The summed E-state index contributed by atoms with van der Waals surface area (Å²) in [6.45, 7) is 4.01. The Kier molecular flexibility index (Phi) is 4.57. The first-order chi connectivity index (χ1) is 11.9. The number of nitrogens with zero attached hydrogens (tertiary/aromatic N) is 3. The maximum atomic E-state index is 13.0. The van der Waals surface area contributed by atoms with Crippen molar-refractivity contribution in [3.8, 4) is 0 Å². The third kappa shape index (κ3) is 3.01. The highest BCUT2D eigenvalue weighted by molar-refractivity contribution is 5.86. The lowest BCUT2D eigenvalue weighted by Crippen LogP contribution is -2.50. The topological polar surface area (TPSA) is 95.3 Å². The number of benzene rings is 1. The number of carboxylic acids is 1. The number of hydrogen-bond donors (Lipinski definition) is 0. The zero-order valence-electron chi connectivity index (χ0n) is 14.2. The predicted molar refractivity (Wildman–Crippen MR) is 89.6 cm³/mol. The summed E-state index contributed by atoms with van der Waals surface area (Å²) in [6.07, 6.45) is 2.36. The van der Waals surface area contributed by atoms with E-state index in [0.717, 1.165) is 0 Å². The van der Waals surface area contributed by atoms with Crippen LogP contribution in [-0.4, -0.2) is 38.9 Å². The number of amides is 1. The standard InChI is InChI=1S/C18H21N3O4/c1-11(2)15(17(23)20-9-5-8-14(20)18(24)25)21-10-19-13-7-4-3-6-12(13)16(21)22/h3-4,6-7,10-11,14-15H,5,8-9H2,1-2H3,(H,24,25)/p-1/t14-,15-/m1/s1. The highest BCUT2D eigenvalue weighted by atomic mass is 16.4. The van der Waals surface area contributed by atoms with E-state index < -0.39 is 18.1 Å². The molecular weight excluding hydrogens is 322 g/mol. The maximum Gasteiger partial charge on any atom is 0.261 e. The largest absolute Gasteiger partial charge is 0.548 e. The Balaban J connectivity index is 2.05. The Morgan fingerprint density at radius 1 is 1.28 bits per heavy atom. The van der Waals surface area contributed by atoms with Crippen molar-refractivity contribution in [3.63, 3.8) is 0 Å². The lowest BCUT2D eigenvalue weighted by Gasteiger charge is -2.31. The van der Waals surface area contributed by atoms with E-state index in [1.165, 1.54) is 15.8 Å². The summed E-state index contributed by atoms with van der Waals surface area (Å²) < 4.78 is 1.32. The summed E-state index contributed by atoms with van der Waals surface area (Å²) in [7, 11) is 0. The molecule has 1 amide bonds. The monoisotopic (exact) mass is 342 g/mol. The molecule has 7 nitrogen and oxygen atoms in total. The number of fused-ring (bicyclic) bond motifs is 1. The summed E-state index contributed by atoms with van der Waals surface area (Å²) in [5.74, 6) is -1.82. The van der Waals surface area contributed by atoms with Gasteiger partial charge in [-0.05, 0) is 30.9 Å². The highest BCUT2D eigenvalue weighted by Gasteiger charge is 2.36. The van der Waals surface area contributed by atoms with E-state index in [1.807, 2.05) is 13.8 Å². The van der Waals surface area contributed by atoms with Crippen molar-refractivity contribution >= 4 is 22.8 Å². The molecule has 0 radical (unpaired) electrons. The van der Waals surface area contributed by atoms with Crippen molar-refractivity contribution in [3.05, 3.63) is 40.9 Å². The summed E-state index contributed by atoms with van der Waals surface area (Å²) in [6, 6.07) is 5.21. The van der Waals surface area contributed by atoms with Gasteiger partial charge in [0.1, 0.15) is 6.04 Å². The van der Waals surface area contributed by atoms with Crippen molar-refractivity contribution in [2.45, 2.75) is 38.8 Å². The molecule has 1 saturated heterocycles. The van der Waals surface area contributed by atoms with Crippen molar-refractivity contribution in [1.29, 1.82) is 0 Å². The lowest BCUT2D eigenvalue weighted by molar-refractivity contribution is -0.310. The molecule has 1 aromatic carbocycles. The third-order valence-electron chi connectivity index (χ3n) is 4.68. The molecule has 2 heterocycles. The van der Waals surface area contributed by atoms with Gasteiger partial charge in [-0.3, -0.25) is 14.2 Å². The van der Waals surface area contributed by atoms with Gasteiger partial charge in [0.2, 0.25) is 5.91 Å². The normalized spacial score (nSPS) is 18.7. The fraction of sp³-hybridized carbons (Fsp3) is 0.444. The second-order valence-corrected chi connectivity index (χ2v) is 6.67. The fourth-order valence-electron chi connectivity index (χ4n) is 3.45. The molecule has 7 heteroatoms. The molecule has 2 atom stereocenters. The second kappa shape index (κ2) is 6.66. The van der Waals surface area contributed by atoms with Gasteiger partial charge < -0.3 is 14.8 Å². The van der Waals surface area contributed by atoms with Crippen LogP contribution in [0.3, 0.4) is 0 Å². The first-order valence-electron chi connectivity index (χ1n) is 8.39. The summed E-state index contributed by atoms with van der Waals surface area (Å²) in [4.78, 5) is 42.8. The summed E-state index contributed by atoms with van der Waals surface area (Å²) in [5, 5.41) is 11.7. The molecule has 25 heavy (non-hydrogen) atoms. The van der Waals surface area contributed by atoms with Gasteiger partial charge in [0.25, 0.3) is 5.56 Å². The SMILES string of the molecule is CC(C)[C@H](C(=O)N1CCC[C@@H]1C(=O)[O-])n1cnc2ccccc2c1=O. The molecule has 1 fully saturated rings. The number of carbonyl (C=O) groups is 2. The molecule has 132 valence electrons. The van der Waals surface area contributed by atoms with Gasteiger partial charge in [-0.1, -0.05) is 26.0 Å². The number of hydrogen-bond acceptors (Lipinski definition) is 5. The Hall–Kier alpha value is -2.70. The van der Waals surface area contributed by atoms with E-state index in [0.29, 0.717) is 30.3 Å². The number of likely N-dealkylation sites (tertiary alicyclic amines) is 1. The molecule has 0 bridgehead atoms. The van der Waals surface area contributed by atoms with E-state index in [2.05, 4.69) is 4.98 Å². The molecule has 0 saturated carbocycles. The molecule has 0 spiro atoms. The number of para-hydroxylation sites is 1. The van der Waals surface area contributed by atoms with Crippen molar-refractivity contribution in [2.75, 3.05) is 6.54 Å². The van der Waals surface area contributed by atoms with Crippen molar-refractivity contribution in [1.82, 2.24) is 14.5 Å². The fourth-order valence-corrected chi connectivity index (χ4v) is 3.45. The van der Waals surface area contributed by atoms with Crippen LogP contribution in [0, 0.1) is 5.92 Å².